The number of esters is 1. The fraction of sp³-hybridized carbons (Fsp3) is 0.500. The third-order valence-corrected chi connectivity index (χ3v) is 8.63. The van der Waals surface area contributed by atoms with Crippen molar-refractivity contribution in [1.82, 2.24) is 0 Å². The maximum absolute atomic E-state index is 14.1. The van der Waals surface area contributed by atoms with Crippen molar-refractivity contribution < 1.29 is 18.3 Å². The van der Waals surface area contributed by atoms with Crippen molar-refractivity contribution in [2.75, 3.05) is 6.61 Å². The average molecular weight is 338 g/mol. The molecule has 0 radical (unpaired) electrons. The van der Waals surface area contributed by atoms with Crippen LogP contribution in [0, 0.1) is 5.82 Å². The van der Waals surface area contributed by atoms with Gasteiger partial charge >= 0.3 is 5.97 Å². The zero-order valence-corrected chi connectivity index (χ0v) is 15.9. The van der Waals surface area contributed by atoms with Crippen LogP contribution in [0.2, 0.25) is 18.1 Å². The van der Waals surface area contributed by atoms with Crippen LogP contribution in [0.15, 0.2) is 24.3 Å². The number of carbonyl (C=O) groups is 1. The first-order chi connectivity index (χ1) is 10.6. The lowest BCUT2D eigenvalue weighted by molar-refractivity contribution is -0.137. The van der Waals surface area contributed by atoms with E-state index in [1.807, 2.05) is 6.07 Å². The summed E-state index contributed by atoms with van der Waals surface area (Å²) in [6, 6.07) is 4.93. The highest BCUT2D eigenvalue weighted by atomic mass is 28.4. The topological polar surface area (TPSA) is 35.5 Å². The number of hydrogen-bond acceptors (Lipinski definition) is 3. The summed E-state index contributed by atoms with van der Waals surface area (Å²) in [5, 5.41) is 0.119. The summed E-state index contributed by atoms with van der Waals surface area (Å²) >= 11 is 0. The predicted molar refractivity (Wildman–Crippen MR) is 94.1 cm³/mol. The molecule has 1 aromatic rings. The zero-order valence-electron chi connectivity index (χ0n) is 14.9. The molecule has 0 amide bonds. The summed E-state index contributed by atoms with van der Waals surface area (Å²) in [4.78, 5) is 11.3. The second-order valence-corrected chi connectivity index (χ2v) is 11.8. The third kappa shape index (κ3) is 5.92. The van der Waals surface area contributed by atoms with Crippen LogP contribution in [0.4, 0.5) is 4.39 Å². The first-order valence-electron chi connectivity index (χ1n) is 7.84. The quantitative estimate of drug-likeness (QED) is 0.419. The molecule has 1 aromatic carbocycles. The van der Waals surface area contributed by atoms with Gasteiger partial charge in [0.25, 0.3) is 0 Å². The lowest BCUT2D eigenvalue weighted by Gasteiger charge is -2.36. The van der Waals surface area contributed by atoms with Gasteiger partial charge in [-0.2, -0.15) is 0 Å². The van der Waals surface area contributed by atoms with Crippen molar-refractivity contribution >= 4 is 20.4 Å². The molecule has 0 heterocycles. The lowest BCUT2D eigenvalue weighted by Crippen LogP contribution is -2.40. The summed E-state index contributed by atoms with van der Waals surface area (Å²) in [5.41, 5.74) is 1.15. The van der Waals surface area contributed by atoms with Crippen molar-refractivity contribution in [1.29, 1.82) is 0 Å². The van der Waals surface area contributed by atoms with E-state index in [0.717, 1.165) is 5.56 Å². The van der Waals surface area contributed by atoms with E-state index in [4.69, 9.17) is 9.16 Å². The highest BCUT2D eigenvalue weighted by molar-refractivity contribution is 6.74. The predicted octanol–water partition coefficient (Wildman–Crippen LogP) is 4.92. The Kier molecular flexibility index (Phi) is 6.71. The molecule has 0 fully saturated rings. The van der Waals surface area contributed by atoms with Gasteiger partial charge in [0.05, 0.1) is 13.2 Å². The van der Waals surface area contributed by atoms with Gasteiger partial charge in [-0.15, -0.1) is 0 Å². The number of ether oxygens (including phenoxy) is 1. The molecule has 0 aliphatic carbocycles. The van der Waals surface area contributed by atoms with E-state index in [9.17, 15) is 9.18 Å². The van der Waals surface area contributed by atoms with Crippen LogP contribution >= 0.6 is 0 Å². The van der Waals surface area contributed by atoms with E-state index in [1.165, 1.54) is 18.2 Å². The molecule has 3 nitrogen and oxygen atoms in total. The Bertz CT molecular complexity index is 574. The van der Waals surface area contributed by atoms with Crippen molar-refractivity contribution in [2.45, 2.75) is 52.4 Å². The molecule has 0 saturated heterocycles. The number of carbonyl (C=O) groups excluding carboxylic acids is 1. The largest absolute Gasteiger partial charge is 0.463 e. The molecule has 0 aromatic heterocycles. The minimum atomic E-state index is -1.86. The van der Waals surface area contributed by atoms with Gasteiger partial charge in [0.2, 0.25) is 0 Å². The Morgan fingerprint density at radius 2 is 1.96 bits per heavy atom. The Hall–Kier alpha value is -1.46. The van der Waals surface area contributed by atoms with E-state index in [1.54, 1.807) is 13.0 Å². The van der Waals surface area contributed by atoms with Crippen LogP contribution in [0.5, 0.6) is 0 Å². The van der Waals surface area contributed by atoms with E-state index < -0.39 is 14.3 Å². The van der Waals surface area contributed by atoms with E-state index in [0.29, 0.717) is 18.8 Å². The molecule has 0 bridgehead atoms. The molecule has 0 aliphatic rings. The second kappa shape index (κ2) is 7.88. The maximum Gasteiger partial charge on any atom is 0.330 e. The standard InChI is InChI=1S/C18H27FO3Si/c1-7-21-17(20)11-10-15-9-8-14(12-16(15)19)13-22-23(5,6)18(2,3)4/h8-12H,7,13H2,1-6H3/b11-10+. The van der Waals surface area contributed by atoms with E-state index in [2.05, 4.69) is 33.9 Å². The second-order valence-electron chi connectivity index (χ2n) is 6.99. The number of halogens is 1. The monoisotopic (exact) mass is 338 g/mol. The Labute approximate surface area is 139 Å². The normalized spacial score (nSPS) is 12.7. The summed E-state index contributed by atoms with van der Waals surface area (Å²) in [7, 11) is -1.86. The first-order valence-corrected chi connectivity index (χ1v) is 10.7. The third-order valence-electron chi connectivity index (χ3n) is 4.16. The van der Waals surface area contributed by atoms with Gasteiger partial charge in [0.15, 0.2) is 8.32 Å². The molecular formula is C18H27FO3Si. The fourth-order valence-corrected chi connectivity index (χ4v) is 2.58. The molecular weight excluding hydrogens is 311 g/mol. The number of hydrogen-bond donors (Lipinski definition) is 0. The Morgan fingerprint density at radius 3 is 2.48 bits per heavy atom. The Morgan fingerprint density at radius 1 is 1.30 bits per heavy atom. The van der Waals surface area contributed by atoms with Crippen LogP contribution in [0.1, 0.15) is 38.8 Å². The van der Waals surface area contributed by atoms with Crippen LogP contribution in [0.25, 0.3) is 6.08 Å². The van der Waals surface area contributed by atoms with Crippen molar-refractivity contribution in [3.05, 3.63) is 41.2 Å². The average Bonchev–Trinajstić information content (AvgIpc) is 2.43. The van der Waals surface area contributed by atoms with Gasteiger partial charge in [-0.3, -0.25) is 0 Å². The summed E-state index contributed by atoms with van der Waals surface area (Å²) in [6.45, 7) is 13.3. The zero-order chi connectivity index (χ0) is 17.7. The van der Waals surface area contributed by atoms with Crippen molar-refractivity contribution in [3.63, 3.8) is 0 Å². The molecule has 128 valence electrons. The maximum atomic E-state index is 14.1. The SMILES string of the molecule is CCOC(=O)/C=C/c1ccc(CO[Si](C)(C)C(C)(C)C)cc1F. The molecule has 0 aliphatic heterocycles. The smallest absolute Gasteiger partial charge is 0.330 e. The first kappa shape index (κ1) is 19.6. The molecule has 0 atom stereocenters. The number of benzene rings is 1. The van der Waals surface area contributed by atoms with E-state index >= 15 is 0 Å². The minimum Gasteiger partial charge on any atom is -0.463 e. The summed E-state index contributed by atoms with van der Waals surface area (Å²) in [6.07, 6.45) is 2.65. The highest BCUT2D eigenvalue weighted by Gasteiger charge is 2.37. The summed E-state index contributed by atoms with van der Waals surface area (Å²) < 4.78 is 24.9. The van der Waals surface area contributed by atoms with Crippen LogP contribution in [0.3, 0.4) is 0 Å². The van der Waals surface area contributed by atoms with Crippen LogP contribution < -0.4 is 0 Å². The van der Waals surface area contributed by atoms with Gasteiger partial charge in [-0.1, -0.05) is 32.9 Å². The van der Waals surface area contributed by atoms with Gasteiger partial charge in [0.1, 0.15) is 5.82 Å². The molecule has 0 saturated carbocycles. The molecule has 0 N–H and O–H groups in total. The fourth-order valence-electron chi connectivity index (χ4n) is 1.62. The van der Waals surface area contributed by atoms with Gasteiger partial charge < -0.3 is 9.16 Å². The molecule has 5 heteroatoms. The van der Waals surface area contributed by atoms with Crippen molar-refractivity contribution in [2.24, 2.45) is 0 Å². The molecule has 1 rings (SSSR count). The highest BCUT2D eigenvalue weighted by Crippen LogP contribution is 2.37. The molecule has 0 spiro atoms. The molecule has 0 unspecified atom stereocenters. The van der Waals surface area contributed by atoms with Crippen molar-refractivity contribution in [3.8, 4) is 0 Å². The van der Waals surface area contributed by atoms with Crippen LogP contribution in [-0.4, -0.2) is 20.9 Å². The van der Waals surface area contributed by atoms with Gasteiger partial charge in [-0.05, 0) is 42.8 Å². The number of rotatable bonds is 6. The van der Waals surface area contributed by atoms with E-state index in [-0.39, 0.29) is 10.9 Å². The van der Waals surface area contributed by atoms with Gasteiger partial charge in [-0.25, -0.2) is 9.18 Å². The molecule has 23 heavy (non-hydrogen) atoms. The van der Waals surface area contributed by atoms with Gasteiger partial charge in [0, 0.05) is 11.6 Å². The minimum absolute atomic E-state index is 0.119. The lowest BCUT2D eigenvalue weighted by atomic mass is 10.1. The Balaban J connectivity index is 2.75. The summed E-state index contributed by atoms with van der Waals surface area (Å²) in [5.74, 6) is -0.848. The van der Waals surface area contributed by atoms with Crippen LogP contribution in [-0.2, 0) is 20.6 Å².